The van der Waals surface area contributed by atoms with Crippen LogP contribution in [0.1, 0.15) is 58.4 Å². The normalized spacial score (nSPS) is 32.5. The number of rotatable bonds is 10. The van der Waals surface area contributed by atoms with Gasteiger partial charge in [-0.25, -0.2) is 0 Å². The molecule has 0 aromatic heterocycles. The first-order valence-corrected chi connectivity index (χ1v) is 12.6. The average Bonchev–Trinajstić information content (AvgIpc) is 3.40. The standard InChI is InChI=1S/C26H37N3O5/c1-4-6-14-27-23(32)21-26-13-12-25(3,34-26)19(20(26)24(33)29(21)18(5-2)16-30)22(31)28-15-17-10-8-7-9-11-17/h7-11,18-21,30H,4-6,12-16H2,1-3H3,(H,27,32)(H,28,31)/t18-,19+,20-,21?,25-,26?/m0/s1. The summed E-state index contributed by atoms with van der Waals surface area (Å²) in [5.41, 5.74) is -0.895. The largest absolute Gasteiger partial charge is 0.394 e. The van der Waals surface area contributed by atoms with Crippen LogP contribution in [0, 0.1) is 11.8 Å². The minimum atomic E-state index is -1.06. The Bertz CT molecular complexity index is 920. The number of carbonyl (C=O) groups is 3. The molecule has 4 rings (SSSR count). The van der Waals surface area contributed by atoms with Gasteiger partial charge in [-0.05, 0) is 38.2 Å². The zero-order valence-corrected chi connectivity index (χ0v) is 20.4. The van der Waals surface area contributed by atoms with E-state index in [1.54, 1.807) is 0 Å². The number of benzene rings is 1. The summed E-state index contributed by atoms with van der Waals surface area (Å²) in [6.07, 6.45) is 3.41. The molecule has 6 atom stereocenters. The summed E-state index contributed by atoms with van der Waals surface area (Å²) < 4.78 is 6.57. The van der Waals surface area contributed by atoms with E-state index in [4.69, 9.17) is 4.74 Å². The van der Waals surface area contributed by atoms with Gasteiger partial charge in [0, 0.05) is 13.1 Å². The Morgan fingerprint density at radius 3 is 2.56 bits per heavy atom. The number of fused-ring (bicyclic) bond motifs is 1. The summed E-state index contributed by atoms with van der Waals surface area (Å²) in [4.78, 5) is 42.4. The van der Waals surface area contributed by atoms with Crippen molar-refractivity contribution in [3.8, 4) is 0 Å². The van der Waals surface area contributed by atoms with Crippen molar-refractivity contribution in [3.05, 3.63) is 35.9 Å². The van der Waals surface area contributed by atoms with Crippen LogP contribution in [0.25, 0.3) is 0 Å². The van der Waals surface area contributed by atoms with Crippen LogP contribution in [0.5, 0.6) is 0 Å². The highest BCUT2D eigenvalue weighted by Crippen LogP contribution is 2.63. The third-order valence-corrected chi connectivity index (χ3v) is 7.96. The molecule has 0 radical (unpaired) electrons. The second kappa shape index (κ2) is 9.66. The molecule has 1 aromatic rings. The number of amides is 3. The third-order valence-electron chi connectivity index (χ3n) is 7.96. The Morgan fingerprint density at radius 2 is 1.91 bits per heavy atom. The Morgan fingerprint density at radius 1 is 1.18 bits per heavy atom. The summed E-state index contributed by atoms with van der Waals surface area (Å²) in [6, 6.07) is 8.27. The molecule has 3 heterocycles. The van der Waals surface area contributed by atoms with Gasteiger partial charge >= 0.3 is 0 Å². The van der Waals surface area contributed by atoms with Gasteiger partial charge in [0.25, 0.3) is 0 Å². The van der Waals surface area contributed by atoms with Crippen molar-refractivity contribution in [2.24, 2.45) is 11.8 Å². The number of aliphatic hydroxyl groups is 1. The highest BCUT2D eigenvalue weighted by molar-refractivity contribution is 5.99. The lowest BCUT2D eigenvalue weighted by Crippen LogP contribution is -2.58. The van der Waals surface area contributed by atoms with Crippen molar-refractivity contribution in [1.82, 2.24) is 15.5 Å². The summed E-state index contributed by atoms with van der Waals surface area (Å²) in [7, 11) is 0. The molecule has 0 aliphatic carbocycles. The first-order valence-electron chi connectivity index (χ1n) is 12.6. The maximum Gasteiger partial charge on any atom is 0.245 e. The fourth-order valence-corrected chi connectivity index (χ4v) is 6.25. The third kappa shape index (κ3) is 3.90. The van der Waals surface area contributed by atoms with Crippen LogP contribution in [-0.2, 0) is 25.7 Å². The second-order valence-corrected chi connectivity index (χ2v) is 10.1. The lowest BCUT2D eigenvalue weighted by molar-refractivity contribution is -0.149. The maximum absolute atomic E-state index is 13.9. The van der Waals surface area contributed by atoms with Crippen molar-refractivity contribution in [2.75, 3.05) is 13.2 Å². The van der Waals surface area contributed by atoms with Crippen LogP contribution in [0.3, 0.4) is 0 Å². The van der Waals surface area contributed by atoms with E-state index in [1.165, 1.54) is 4.90 Å². The molecular formula is C26H37N3O5. The SMILES string of the molecule is CCCCNC(=O)C1N([C@@H](CC)CO)C(=O)[C@@H]2[C@H](C(=O)NCc3ccccc3)[C@]3(C)CCC12O3. The minimum absolute atomic E-state index is 0.227. The number of nitrogens with one attached hydrogen (secondary N) is 2. The summed E-state index contributed by atoms with van der Waals surface area (Å²) >= 11 is 0. The van der Waals surface area contributed by atoms with Gasteiger partial charge in [-0.1, -0.05) is 50.6 Å². The molecule has 1 aromatic carbocycles. The van der Waals surface area contributed by atoms with E-state index >= 15 is 0 Å². The smallest absolute Gasteiger partial charge is 0.245 e. The van der Waals surface area contributed by atoms with E-state index in [9.17, 15) is 19.5 Å². The van der Waals surface area contributed by atoms with Gasteiger partial charge in [-0.2, -0.15) is 0 Å². The molecule has 3 fully saturated rings. The molecule has 3 aliphatic heterocycles. The number of aliphatic hydroxyl groups excluding tert-OH is 1. The molecule has 3 aliphatic rings. The lowest BCUT2D eigenvalue weighted by Gasteiger charge is -2.36. The van der Waals surface area contributed by atoms with Crippen molar-refractivity contribution in [3.63, 3.8) is 0 Å². The average molecular weight is 472 g/mol. The van der Waals surface area contributed by atoms with Gasteiger partial charge < -0.3 is 25.4 Å². The van der Waals surface area contributed by atoms with Crippen LogP contribution in [0.15, 0.2) is 30.3 Å². The molecule has 2 bridgehead atoms. The van der Waals surface area contributed by atoms with Crippen LogP contribution >= 0.6 is 0 Å². The van der Waals surface area contributed by atoms with E-state index in [1.807, 2.05) is 51.1 Å². The molecule has 3 N–H and O–H groups in total. The molecule has 2 unspecified atom stereocenters. The van der Waals surface area contributed by atoms with E-state index in [0.29, 0.717) is 32.4 Å². The monoisotopic (exact) mass is 471 g/mol. The molecule has 3 amide bonds. The number of likely N-dealkylation sites (tertiary alicyclic amines) is 1. The predicted octanol–water partition coefficient (Wildman–Crippen LogP) is 1.75. The highest BCUT2D eigenvalue weighted by atomic mass is 16.5. The van der Waals surface area contributed by atoms with Crippen molar-refractivity contribution in [1.29, 1.82) is 0 Å². The summed E-state index contributed by atoms with van der Waals surface area (Å²) in [5.74, 6) is -2.19. The minimum Gasteiger partial charge on any atom is -0.394 e. The number of hydrogen-bond acceptors (Lipinski definition) is 5. The fourth-order valence-electron chi connectivity index (χ4n) is 6.25. The number of carbonyl (C=O) groups excluding carboxylic acids is 3. The number of hydrogen-bond donors (Lipinski definition) is 3. The van der Waals surface area contributed by atoms with Gasteiger partial charge in [0.05, 0.1) is 30.1 Å². The van der Waals surface area contributed by atoms with Crippen LogP contribution in [0.2, 0.25) is 0 Å². The zero-order chi connectivity index (χ0) is 24.5. The summed E-state index contributed by atoms with van der Waals surface area (Å²) in [5, 5.41) is 16.0. The highest BCUT2D eigenvalue weighted by Gasteiger charge is 2.78. The Balaban J connectivity index is 1.65. The number of nitrogens with zero attached hydrogens (tertiary/aromatic N) is 1. The molecule has 186 valence electrons. The van der Waals surface area contributed by atoms with Gasteiger partial charge in [-0.15, -0.1) is 0 Å². The first-order chi connectivity index (χ1) is 16.3. The first kappa shape index (κ1) is 24.7. The molecular weight excluding hydrogens is 434 g/mol. The molecule has 0 saturated carbocycles. The Hall–Kier alpha value is -2.45. The zero-order valence-electron chi connectivity index (χ0n) is 20.4. The van der Waals surface area contributed by atoms with Gasteiger partial charge in [0.2, 0.25) is 17.7 Å². The Labute approximate surface area is 201 Å². The van der Waals surface area contributed by atoms with E-state index in [-0.39, 0.29) is 24.3 Å². The van der Waals surface area contributed by atoms with Crippen molar-refractivity contribution in [2.45, 2.75) is 82.7 Å². The molecule has 8 heteroatoms. The van der Waals surface area contributed by atoms with Crippen LogP contribution in [-0.4, -0.2) is 64.2 Å². The predicted molar refractivity (Wildman–Crippen MR) is 126 cm³/mol. The number of unbranched alkanes of at least 4 members (excludes halogenated alkanes) is 1. The molecule has 34 heavy (non-hydrogen) atoms. The van der Waals surface area contributed by atoms with Gasteiger partial charge in [0.1, 0.15) is 11.6 Å². The van der Waals surface area contributed by atoms with E-state index < -0.39 is 35.1 Å². The van der Waals surface area contributed by atoms with Crippen LogP contribution in [0.4, 0.5) is 0 Å². The lowest BCUT2D eigenvalue weighted by atomic mass is 9.66. The molecule has 8 nitrogen and oxygen atoms in total. The topological polar surface area (TPSA) is 108 Å². The Kier molecular flexibility index (Phi) is 7.01. The summed E-state index contributed by atoms with van der Waals surface area (Å²) in [6.45, 7) is 6.45. The van der Waals surface area contributed by atoms with Crippen molar-refractivity contribution >= 4 is 17.7 Å². The maximum atomic E-state index is 13.9. The van der Waals surface area contributed by atoms with Gasteiger partial charge in [0.15, 0.2) is 0 Å². The van der Waals surface area contributed by atoms with Crippen molar-refractivity contribution < 1.29 is 24.2 Å². The fraction of sp³-hybridized carbons (Fsp3) is 0.654. The van der Waals surface area contributed by atoms with Crippen LogP contribution < -0.4 is 10.6 Å². The number of ether oxygens (including phenoxy) is 1. The molecule has 3 saturated heterocycles. The quantitative estimate of drug-likeness (QED) is 0.451. The van der Waals surface area contributed by atoms with E-state index in [0.717, 1.165) is 18.4 Å². The molecule has 1 spiro atoms. The van der Waals surface area contributed by atoms with Gasteiger partial charge in [-0.3, -0.25) is 14.4 Å². The van der Waals surface area contributed by atoms with E-state index in [2.05, 4.69) is 10.6 Å². The second-order valence-electron chi connectivity index (χ2n) is 10.1.